The van der Waals surface area contributed by atoms with E-state index in [0.29, 0.717) is 11.3 Å². The molecule has 1 heterocycles. The lowest BCUT2D eigenvalue weighted by atomic mass is 10.1. The molecule has 1 unspecified atom stereocenters. The molecule has 4 rings (SSSR count). The van der Waals surface area contributed by atoms with Gasteiger partial charge in [-0.2, -0.15) is 0 Å². The van der Waals surface area contributed by atoms with E-state index in [2.05, 4.69) is 0 Å². The molecular formula is C23H22N2O3S. The van der Waals surface area contributed by atoms with Crippen LogP contribution in [0.5, 0.6) is 0 Å². The Morgan fingerprint density at radius 2 is 1.55 bits per heavy atom. The van der Waals surface area contributed by atoms with Gasteiger partial charge < -0.3 is 4.90 Å². The number of carbonyl (C=O) groups excluding carboxylic acids is 1. The molecule has 0 radical (unpaired) electrons. The maximum atomic E-state index is 13.5. The van der Waals surface area contributed by atoms with Gasteiger partial charge in [-0.05, 0) is 49.2 Å². The highest BCUT2D eigenvalue weighted by molar-refractivity contribution is 7.92. The van der Waals surface area contributed by atoms with Crippen molar-refractivity contribution < 1.29 is 13.2 Å². The Morgan fingerprint density at radius 3 is 2.31 bits per heavy atom. The number of hydrogen-bond donors (Lipinski definition) is 0. The third kappa shape index (κ3) is 3.29. The fourth-order valence-electron chi connectivity index (χ4n) is 3.81. The second-order valence-electron chi connectivity index (χ2n) is 7.16. The van der Waals surface area contributed by atoms with E-state index >= 15 is 0 Å². The van der Waals surface area contributed by atoms with Crippen LogP contribution in [0.3, 0.4) is 0 Å². The third-order valence-corrected chi connectivity index (χ3v) is 7.09. The first-order chi connectivity index (χ1) is 13.9. The van der Waals surface area contributed by atoms with Crippen molar-refractivity contribution in [1.82, 2.24) is 0 Å². The Balaban J connectivity index is 1.76. The van der Waals surface area contributed by atoms with Crippen LogP contribution in [-0.4, -0.2) is 27.4 Å². The summed E-state index contributed by atoms with van der Waals surface area (Å²) in [5.74, 6) is -0.201. The summed E-state index contributed by atoms with van der Waals surface area (Å²) in [7, 11) is -2.30. The van der Waals surface area contributed by atoms with Gasteiger partial charge in [-0.15, -0.1) is 0 Å². The van der Waals surface area contributed by atoms with Crippen LogP contribution in [0.1, 0.15) is 22.8 Å². The van der Waals surface area contributed by atoms with E-state index in [1.807, 2.05) is 31.2 Å². The molecule has 0 aromatic heterocycles. The number of rotatable bonds is 4. The largest absolute Gasteiger partial charge is 0.305 e. The SMILES string of the molecule is CC1Cc2ccccc2N1C(=O)c1ccccc1N(C)S(=O)(=O)c1ccccc1. The van der Waals surface area contributed by atoms with Crippen molar-refractivity contribution in [2.75, 3.05) is 16.3 Å². The fraction of sp³-hybridized carbons (Fsp3) is 0.174. The van der Waals surface area contributed by atoms with Crippen molar-refractivity contribution >= 4 is 27.3 Å². The number of anilines is 2. The molecule has 0 bridgehead atoms. The molecule has 0 fully saturated rings. The zero-order valence-corrected chi connectivity index (χ0v) is 17.1. The van der Waals surface area contributed by atoms with Crippen molar-refractivity contribution in [1.29, 1.82) is 0 Å². The van der Waals surface area contributed by atoms with Gasteiger partial charge in [0.05, 0.1) is 16.1 Å². The van der Waals surface area contributed by atoms with Crippen molar-refractivity contribution in [2.24, 2.45) is 0 Å². The molecular weight excluding hydrogens is 384 g/mol. The highest BCUT2D eigenvalue weighted by Gasteiger charge is 2.33. The minimum Gasteiger partial charge on any atom is -0.305 e. The van der Waals surface area contributed by atoms with Gasteiger partial charge in [0.25, 0.3) is 15.9 Å². The van der Waals surface area contributed by atoms with Crippen LogP contribution in [0.15, 0.2) is 83.8 Å². The van der Waals surface area contributed by atoms with E-state index in [4.69, 9.17) is 0 Å². The van der Waals surface area contributed by atoms with Gasteiger partial charge in [-0.25, -0.2) is 8.42 Å². The summed E-state index contributed by atoms with van der Waals surface area (Å²) >= 11 is 0. The third-order valence-electron chi connectivity index (χ3n) is 5.30. The molecule has 1 aliphatic rings. The van der Waals surface area contributed by atoms with Crippen LogP contribution >= 0.6 is 0 Å². The first-order valence-electron chi connectivity index (χ1n) is 9.45. The summed E-state index contributed by atoms with van der Waals surface area (Å²) in [5, 5.41) is 0. The molecule has 6 heteroatoms. The van der Waals surface area contributed by atoms with E-state index in [9.17, 15) is 13.2 Å². The standard InChI is InChI=1S/C23H22N2O3S/c1-17-16-18-10-6-8-14-21(18)25(17)23(26)20-13-7-9-15-22(20)24(2)29(27,28)19-11-4-3-5-12-19/h3-15,17H,16H2,1-2H3. The fourth-order valence-corrected chi connectivity index (χ4v) is 5.05. The Labute approximate surface area is 171 Å². The smallest absolute Gasteiger partial charge is 0.264 e. The second-order valence-corrected chi connectivity index (χ2v) is 9.13. The molecule has 5 nitrogen and oxygen atoms in total. The number of hydrogen-bond acceptors (Lipinski definition) is 3. The van der Waals surface area contributed by atoms with Crippen LogP contribution in [0, 0.1) is 0 Å². The number of benzene rings is 3. The lowest BCUT2D eigenvalue weighted by Crippen LogP contribution is -2.37. The summed E-state index contributed by atoms with van der Waals surface area (Å²) in [6, 6.07) is 22.9. The molecule has 1 aliphatic heterocycles. The molecule has 3 aromatic carbocycles. The van der Waals surface area contributed by atoms with Gasteiger partial charge >= 0.3 is 0 Å². The van der Waals surface area contributed by atoms with Crippen LogP contribution in [-0.2, 0) is 16.4 Å². The van der Waals surface area contributed by atoms with Crippen LogP contribution in [0.2, 0.25) is 0 Å². The molecule has 0 aliphatic carbocycles. The summed E-state index contributed by atoms with van der Waals surface area (Å²) in [6.07, 6.45) is 0.780. The first-order valence-corrected chi connectivity index (χ1v) is 10.9. The first kappa shape index (κ1) is 19.2. The average Bonchev–Trinajstić information content (AvgIpc) is 3.09. The Morgan fingerprint density at radius 1 is 0.931 bits per heavy atom. The van der Waals surface area contributed by atoms with Crippen LogP contribution < -0.4 is 9.21 Å². The predicted octanol–water partition coefficient (Wildman–Crippen LogP) is 4.10. The monoisotopic (exact) mass is 406 g/mol. The zero-order chi connectivity index (χ0) is 20.6. The minimum absolute atomic E-state index is 0.00370. The average molecular weight is 407 g/mol. The molecule has 3 aromatic rings. The number of nitrogens with zero attached hydrogens (tertiary/aromatic N) is 2. The van der Waals surface area contributed by atoms with Crippen molar-refractivity contribution in [3.05, 3.63) is 90.0 Å². The molecule has 148 valence electrons. The minimum atomic E-state index is -3.78. The highest BCUT2D eigenvalue weighted by atomic mass is 32.2. The van der Waals surface area contributed by atoms with Gasteiger partial charge in [0.15, 0.2) is 0 Å². The van der Waals surface area contributed by atoms with Gasteiger partial charge in [0, 0.05) is 18.8 Å². The predicted molar refractivity (Wildman–Crippen MR) is 115 cm³/mol. The van der Waals surface area contributed by atoms with Crippen LogP contribution in [0.25, 0.3) is 0 Å². The quantitative estimate of drug-likeness (QED) is 0.655. The maximum Gasteiger partial charge on any atom is 0.264 e. The second kappa shape index (κ2) is 7.37. The topological polar surface area (TPSA) is 57.7 Å². The number of sulfonamides is 1. The number of amides is 1. The van der Waals surface area contributed by atoms with E-state index in [1.165, 1.54) is 11.4 Å². The van der Waals surface area contributed by atoms with Gasteiger partial charge in [-0.1, -0.05) is 48.5 Å². The number of para-hydroxylation sites is 2. The molecule has 0 N–H and O–H groups in total. The van der Waals surface area contributed by atoms with Gasteiger partial charge in [0.2, 0.25) is 0 Å². The summed E-state index contributed by atoms with van der Waals surface area (Å²) in [5.41, 5.74) is 2.72. The van der Waals surface area contributed by atoms with E-state index in [-0.39, 0.29) is 16.8 Å². The van der Waals surface area contributed by atoms with E-state index in [1.54, 1.807) is 59.5 Å². The van der Waals surface area contributed by atoms with Crippen molar-refractivity contribution in [3.63, 3.8) is 0 Å². The summed E-state index contributed by atoms with van der Waals surface area (Å²) in [6.45, 7) is 2.00. The number of carbonyl (C=O) groups is 1. The summed E-state index contributed by atoms with van der Waals surface area (Å²) < 4.78 is 27.4. The van der Waals surface area contributed by atoms with Crippen molar-refractivity contribution in [3.8, 4) is 0 Å². The molecule has 0 saturated carbocycles. The molecule has 0 saturated heterocycles. The van der Waals surface area contributed by atoms with Crippen LogP contribution in [0.4, 0.5) is 11.4 Å². The maximum absolute atomic E-state index is 13.5. The lowest BCUT2D eigenvalue weighted by Gasteiger charge is -2.27. The molecule has 1 amide bonds. The molecule has 1 atom stereocenters. The Hall–Kier alpha value is -3.12. The highest BCUT2D eigenvalue weighted by Crippen LogP contribution is 2.35. The number of fused-ring (bicyclic) bond motifs is 1. The molecule has 0 spiro atoms. The zero-order valence-electron chi connectivity index (χ0n) is 16.3. The Kier molecular flexibility index (Phi) is 4.88. The molecule has 29 heavy (non-hydrogen) atoms. The van der Waals surface area contributed by atoms with E-state index < -0.39 is 10.0 Å². The lowest BCUT2D eigenvalue weighted by molar-refractivity contribution is 0.0982. The van der Waals surface area contributed by atoms with Gasteiger partial charge in [-0.3, -0.25) is 9.10 Å². The summed E-state index contributed by atoms with van der Waals surface area (Å²) in [4.78, 5) is 15.5. The van der Waals surface area contributed by atoms with Crippen molar-refractivity contribution in [2.45, 2.75) is 24.3 Å². The Bertz CT molecular complexity index is 1160. The van der Waals surface area contributed by atoms with E-state index in [0.717, 1.165) is 17.7 Å². The van der Waals surface area contributed by atoms with Gasteiger partial charge in [0.1, 0.15) is 0 Å². The normalized spacial score (nSPS) is 15.8.